The topological polar surface area (TPSA) is 105 Å². The van der Waals surface area contributed by atoms with E-state index in [9.17, 15) is 19.5 Å². The van der Waals surface area contributed by atoms with Crippen molar-refractivity contribution in [1.29, 1.82) is 0 Å². The Labute approximate surface area is 192 Å². The number of carboxylic acids is 1. The van der Waals surface area contributed by atoms with Crippen molar-refractivity contribution in [3.63, 3.8) is 0 Å². The normalized spacial score (nSPS) is 18.2. The number of fused-ring (bicyclic) bond motifs is 3. The molecule has 2 atom stereocenters. The van der Waals surface area contributed by atoms with Crippen LogP contribution < -0.4 is 5.32 Å². The van der Waals surface area contributed by atoms with E-state index >= 15 is 0 Å². The number of carbonyl (C=O) groups is 3. The van der Waals surface area contributed by atoms with E-state index in [0.717, 1.165) is 22.3 Å². The summed E-state index contributed by atoms with van der Waals surface area (Å²) in [5.41, 5.74) is 4.47. The molecule has 1 aliphatic heterocycles. The number of hydrogen-bond acceptors (Lipinski definition) is 5. The molecule has 8 heteroatoms. The van der Waals surface area contributed by atoms with E-state index in [1.54, 1.807) is 0 Å². The molecule has 2 aromatic carbocycles. The number of nitrogens with zero attached hydrogens (tertiary/aromatic N) is 1. The van der Waals surface area contributed by atoms with Crippen LogP contribution in [-0.4, -0.2) is 67.4 Å². The van der Waals surface area contributed by atoms with Gasteiger partial charge < -0.3 is 24.8 Å². The molecule has 1 saturated heterocycles. The van der Waals surface area contributed by atoms with Gasteiger partial charge in [0.1, 0.15) is 12.6 Å². The molecule has 0 radical (unpaired) electrons. The van der Waals surface area contributed by atoms with Crippen molar-refractivity contribution < 1.29 is 29.0 Å². The molecule has 1 aliphatic carbocycles. The fourth-order valence-electron chi connectivity index (χ4n) is 4.72. The van der Waals surface area contributed by atoms with Gasteiger partial charge in [0.05, 0.1) is 12.5 Å². The summed E-state index contributed by atoms with van der Waals surface area (Å²) >= 11 is 0. The van der Waals surface area contributed by atoms with E-state index in [2.05, 4.69) is 17.4 Å². The Kier molecular flexibility index (Phi) is 6.93. The Hall–Kier alpha value is -3.39. The van der Waals surface area contributed by atoms with E-state index in [1.807, 2.05) is 36.4 Å². The minimum absolute atomic E-state index is 0.0305. The highest BCUT2D eigenvalue weighted by molar-refractivity contribution is 5.86. The van der Waals surface area contributed by atoms with Gasteiger partial charge in [0, 0.05) is 26.1 Å². The van der Waals surface area contributed by atoms with E-state index in [1.165, 1.54) is 12.0 Å². The van der Waals surface area contributed by atoms with Gasteiger partial charge in [-0.3, -0.25) is 9.59 Å². The molecule has 8 nitrogen and oxygen atoms in total. The van der Waals surface area contributed by atoms with Gasteiger partial charge in [-0.2, -0.15) is 0 Å². The fraction of sp³-hybridized carbons (Fsp3) is 0.400. The average molecular weight is 453 g/mol. The zero-order valence-corrected chi connectivity index (χ0v) is 18.5. The number of rotatable bonds is 7. The smallest absolute Gasteiger partial charge is 0.407 e. The Morgan fingerprint density at radius 3 is 2.33 bits per heavy atom. The van der Waals surface area contributed by atoms with Gasteiger partial charge in [0.2, 0.25) is 5.91 Å². The van der Waals surface area contributed by atoms with Gasteiger partial charge in [-0.05, 0) is 35.1 Å². The summed E-state index contributed by atoms with van der Waals surface area (Å²) in [6, 6.07) is 15.2. The summed E-state index contributed by atoms with van der Waals surface area (Å²) in [5, 5.41) is 11.9. The second-order valence-electron chi connectivity index (χ2n) is 8.44. The van der Waals surface area contributed by atoms with Crippen LogP contribution in [0.1, 0.15) is 29.9 Å². The first-order valence-corrected chi connectivity index (χ1v) is 11.1. The van der Waals surface area contributed by atoms with Gasteiger partial charge >= 0.3 is 12.1 Å². The summed E-state index contributed by atoms with van der Waals surface area (Å²) in [6.07, 6.45) is 0.431. The maximum Gasteiger partial charge on any atom is 0.407 e. The Morgan fingerprint density at radius 2 is 1.73 bits per heavy atom. The number of likely N-dealkylation sites (tertiary alicyclic amines) is 1. The van der Waals surface area contributed by atoms with Crippen molar-refractivity contribution in [2.24, 2.45) is 5.92 Å². The molecular formula is C25H28N2O6. The quantitative estimate of drug-likeness (QED) is 0.669. The molecule has 0 spiro atoms. The first kappa shape index (κ1) is 22.8. The number of amides is 2. The third-order valence-electron chi connectivity index (χ3n) is 6.35. The minimum Gasteiger partial charge on any atom is -0.481 e. The molecule has 1 fully saturated rings. The summed E-state index contributed by atoms with van der Waals surface area (Å²) in [6.45, 7) is 0.686. The number of hydrogen-bond donors (Lipinski definition) is 2. The van der Waals surface area contributed by atoms with Gasteiger partial charge in [-0.15, -0.1) is 0 Å². The number of ether oxygens (including phenoxy) is 2. The Morgan fingerprint density at radius 1 is 1.09 bits per heavy atom. The molecule has 0 bridgehead atoms. The monoisotopic (exact) mass is 452 g/mol. The summed E-state index contributed by atoms with van der Waals surface area (Å²) in [7, 11) is 1.44. The van der Waals surface area contributed by atoms with Crippen LogP contribution in [0.2, 0.25) is 0 Å². The largest absolute Gasteiger partial charge is 0.481 e. The molecule has 2 unspecified atom stereocenters. The van der Waals surface area contributed by atoms with E-state index in [4.69, 9.17) is 9.47 Å². The van der Waals surface area contributed by atoms with Crippen LogP contribution in [0.5, 0.6) is 0 Å². The lowest BCUT2D eigenvalue weighted by Crippen LogP contribution is -2.54. The highest BCUT2D eigenvalue weighted by atomic mass is 16.5. The van der Waals surface area contributed by atoms with Crippen molar-refractivity contribution >= 4 is 18.0 Å². The molecule has 2 amide bonds. The van der Waals surface area contributed by atoms with Gasteiger partial charge in [0.25, 0.3) is 0 Å². The Bertz CT molecular complexity index is 994. The van der Waals surface area contributed by atoms with E-state index < -0.39 is 24.0 Å². The second-order valence-corrected chi connectivity index (χ2v) is 8.44. The number of benzene rings is 2. The van der Waals surface area contributed by atoms with Crippen molar-refractivity contribution in [3.05, 3.63) is 59.7 Å². The third kappa shape index (κ3) is 4.85. The molecule has 33 heavy (non-hydrogen) atoms. The standard InChI is InChI=1S/C25H28N2O6/c1-32-15-22(23(28)27-12-6-7-16(13-27)24(29)30)26-25(31)33-14-21-19-10-4-2-8-17(19)18-9-3-5-11-20(18)21/h2-5,8-11,16,21-22H,6-7,12-15H2,1H3,(H,26,31)(H,29,30). The predicted molar refractivity (Wildman–Crippen MR) is 121 cm³/mol. The summed E-state index contributed by atoms with van der Waals surface area (Å²) in [5.74, 6) is -1.96. The zero-order chi connectivity index (χ0) is 23.4. The molecule has 2 aliphatic rings. The number of methoxy groups -OCH3 is 1. The first-order chi connectivity index (χ1) is 16.0. The number of carbonyl (C=O) groups excluding carboxylic acids is 2. The predicted octanol–water partition coefficient (Wildman–Crippen LogP) is 2.86. The van der Waals surface area contributed by atoms with Crippen molar-refractivity contribution in [3.8, 4) is 11.1 Å². The number of piperidine rings is 1. The number of carboxylic acid groups (broad SMARTS) is 1. The summed E-state index contributed by atoms with van der Waals surface area (Å²) < 4.78 is 10.7. The molecule has 1 heterocycles. The van der Waals surface area contributed by atoms with Crippen molar-refractivity contribution in [2.75, 3.05) is 33.4 Å². The number of aliphatic carboxylic acids is 1. The minimum atomic E-state index is -0.946. The lowest BCUT2D eigenvalue weighted by atomic mass is 9.98. The molecular weight excluding hydrogens is 424 g/mol. The number of nitrogens with one attached hydrogen (secondary N) is 1. The second kappa shape index (κ2) is 10.0. The van der Waals surface area contributed by atoms with Crippen LogP contribution in [0.4, 0.5) is 4.79 Å². The van der Waals surface area contributed by atoms with Crippen LogP contribution in [-0.2, 0) is 19.1 Å². The fourth-order valence-corrected chi connectivity index (χ4v) is 4.72. The SMILES string of the molecule is COCC(NC(=O)OCC1c2ccccc2-c2ccccc21)C(=O)N1CCCC(C(=O)O)C1. The van der Waals surface area contributed by atoms with Gasteiger partial charge in [0.15, 0.2) is 0 Å². The van der Waals surface area contributed by atoms with Gasteiger partial charge in [-0.25, -0.2) is 4.79 Å². The van der Waals surface area contributed by atoms with E-state index in [0.29, 0.717) is 19.4 Å². The zero-order valence-electron chi connectivity index (χ0n) is 18.5. The highest BCUT2D eigenvalue weighted by Crippen LogP contribution is 2.44. The van der Waals surface area contributed by atoms with Crippen LogP contribution in [0.15, 0.2) is 48.5 Å². The van der Waals surface area contributed by atoms with Crippen LogP contribution >= 0.6 is 0 Å². The third-order valence-corrected chi connectivity index (χ3v) is 6.35. The first-order valence-electron chi connectivity index (χ1n) is 11.1. The van der Waals surface area contributed by atoms with Crippen molar-refractivity contribution in [2.45, 2.75) is 24.8 Å². The summed E-state index contributed by atoms with van der Waals surface area (Å²) in [4.78, 5) is 38.4. The number of alkyl carbamates (subject to hydrolysis) is 1. The maximum atomic E-state index is 13.0. The van der Waals surface area contributed by atoms with Gasteiger partial charge in [-0.1, -0.05) is 48.5 Å². The van der Waals surface area contributed by atoms with E-state index in [-0.39, 0.29) is 31.6 Å². The lowest BCUT2D eigenvalue weighted by Gasteiger charge is -2.33. The highest BCUT2D eigenvalue weighted by Gasteiger charge is 2.33. The van der Waals surface area contributed by atoms with Crippen molar-refractivity contribution in [1.82, 2.24) is 10.2 Å². The molecule has 174 valence electrons. The molecule has 0 saturated carbocycles. The molecule has 2 N–H and O–H groups in total. The lowest BCUT2D eigenvalue weighted by molar-refractivity contribution is -0.146. The average Bonchev–Trinajstić information content (AvgIpc) is 3.16. The molecule has 4 rings (SSSR count). The molecule has 0 aromatic heterocycles. The molecule has 2 aromatic rings. The van der Waals surface area contributed by atoms with Crippen LogP contribution in [0.25, 0.3) is 11.1 Å². The van der Waals surface area contributed by atoms with Crippen LogP contribution in [0, 0.1) is 5.92 Å². The van der Waals surface area contributed by atoms with Crippen LogP contribution in [0.3, 0.4) is 0 Å². The maximum absolute atomic E-state index is 13.0. The Balaban J connectivity index is 1.40.